The van der Waals surface area contributed by atoms with Crippen molar-refractivity contribution in [2.24, 2.45) is 4.99 Å². The number of rotatable bonds is 8. The fraction of sp³-hybridized carbons (Fsp3) is 0.900. The van der Waals surface area contributed by atoms with E-state index in [9.17, 15) is 0 Å². The minimum absolute atomic E-state index is 0.157. The second-order valence-corrected chi connectivity index (χ2v) is 4.09. The average molecular weight is 219 g/mol. The van der Waals surface area contributed by atoms with Crippen LogP contribution in [0.1, 0.15) is 34.1 Å². The number of hydrogen-bond donors (Lipinski definition) is 0. The van der Waals surface area contributed by atoms with Crippen LogP contribution in [0.3, 0.4) is 0 Å². The van der Waals surface area contributed by atoms with E-state index < -0.39 is 0 Å². The van der Waals surface area contributed by atoms with Gasteiger partial charge in [-0.1, -0.05) is 18.7 Å². The van der Waals surface area contributed by atoms with E-state index in [1.54, 1.807) is 11.8 Å². The highest BCUT2D eigenvalue weighted by Gasteiger charge is 2.05. The number of nitrogens with zero attached hydrogens (tertiary/aromatic N) is 1. The van der Waals surface area contributed by atoms with Crippen LogP contribution >= 0.6 is 11.8 Å². The summed E-state index contributed by atoms with van der Waals surface area (Å²) < 4.78 is 10.8. The van der Waals surface area contributed by atoms with Crippen molar-refractivity contribution < 1.29 is 9.47 Å². The Balaban J connectivity index is 3.52. The molecule has 0 aliphatic heterocycles. The molecule has 0 aromatic carbocycles. The van der Waals surface area contributed by atoms with Crippen LogP contribution in [0, 0.1) is 0 Å². The summed E-state index contributed by atoms with van der Waals surface area (Å²) in [6, 6.07) is 0. The molecule has 0 heterocycles. The van der Waals surface area contributed by atoms with E-state index in [4.69, 9.17) is 9.47 Å². The van der Waals surface area contributed by atoms with Gasteiger partial charge >= 0.3 is 0 Å². The van der Waals surface area contributed by atoms with Crippen LogP contribution in [0.4, 0.5) is 0 Å². The van der Waals surface area contributed by atoms with Gasteiger partial charge in [0.15, 0.2) is 0 Å². The molecule has 0 fully saturated rings. The predicted octanol–water partition coefficient (Wildman–Crippen LogP) is 2.90. The summed E-state index contributed by atoms with van der Waals surface area (Å²) in [7, 11) is 0. The Morgan fingerprint density at radius 2 is 2.00 bits per heavy atom. The minimum Gasteiger partial charge on any atom is -0.353 e. The molecule has 0 saturated carbocycles. The first-order valence-corrected chi connectivity index (χ1v) is 6.01. The molecule has 1 unspecified atom stereocenters. The van der Waals surface area contributed by atoms with Gasteiger partial charge in [0.1, 0.15) is 12.2 Å². The van der Waals surface area contributed by atoms with Gasteiger partial charge in [-0.25, -0.2) is 0 Å². The predicted molar refractivity (Wildman–Crippen MR) is 62.9 cm³/mol. The third-order valence-electron chi connectivity index (χ3n) is 1.46. The van der Waals surface area contributed by atoms with Crippen LogP contribution in [0.15, 0.2) is 4.99 Å². The number of thioether (sulfide) groups is 1. The molecule has 0 bridgehead atoms. The molecule has 84 valence electrons. The van der Waals surface area contributed by atoms with Crippen LogP contribution in [-0.4, -0.2) is 30.4 Å². The smallest absolute Gasteiger partial charge is 0.148 e. The van der Waals surface area contributed by atoms with Gasteiger partial charge in [-0.15, -0.1) is 0 Å². The lowest BCUT2D eigenvalue weighted by Crippen LogP contribution is -2.13. The minimum atomic E-state index is 0.157. The highest BCUT2D eigenvalue weighted by atomic mass is 32.2. The molecule has 0 spiro atoms. The number of aliphatic imine (C=N–C) groups is 1. The van der Waals surface area contributed by atoms with Crippen molar-refractivity contribution in [3.63, 3.8) is 0 Å². The molecule has 0 aliphatic rings. The SMILES string of the molecule is CCN=CSC(CC)OCOC(C)C. The maximum atomic E-state index is 5.50. The Morgan fingerprint density at radius 3 is 2.50 bits per heavy atom. The molecule has 0 radical (unpaired) electrons. The molecule has 0 rings (SSSR count). The summed E-state index contributed by atoms with van der Waals surface area (Å²) in [5.74, 6) is 0. The van der Waals surface area contributed by atoms with Crippen LogP contribution in [0.25, 0.3) is 0 Å². The van der Waals surface area contributed by atoms with E-state index in [0.29, 0.717) is 6.79 Å². The standard InChI is InChI=1S/C10H21NO2S/c1-5-10(14-7-11-6-2)13-8-12-9(3)4/h7,9-10H,5-6,8H2,1-4H3. The molecule has 0 saturated heterocycles. The first kappa shape index (κ1) is 13.9. The van der Waals surface area contributed by atoms with E-state index >= 15 is 0 Å². The zero-order valence-corrected chi connectivity index (χ0v) is 10.3. The first-order valence-electron chi connectivity index (χ1n) is 5.07. The molecule has 0 aromatic rings. The van der Waals surface area contributed by atoms with Crippen LogP contribution in [-0.2, 0) is 9.47 Å². The second kappa shape index (κ2) is 9.49. The summed E-state index contributed by atoms with van der Waals surface area (Å²) in [4.78, 5) is 4.12. The maximum Gasteiger partial charge on any atom is 0.148 e. The Bertz CT molecular complexity index is 151. The summed E-state index contributed by atoms with van der Waals surface area (Å²) in [5, 5.41) is 0. The van der Waals surface area contributed by atoms with Crippen molar-refractivity contribution in [3.05, 3.63) is 0 Å². The maximum absolute atomic E-state index is 5.50. The lowest BCUT2D eigenvalue weighted by molar-refractivity contribution is -0.0869. The van der Waals surface area contributed by atoms with E-state index in [2.05, 4.69) is 11.9 Å². The van der Waals surface area contributed by atoms with Crippen LogP contribution in [0.2, 0.25) is 0 Å². The third-order valence-corrected chi connectivity index (χ3v) is 2.50. The van der Waals surface area contributed by atoms with Crippen LogP contribution in [0.5, 0.6) is 0 Å². The van der Waals surface area contributed by atoms with Crippen molar-refractivity contribution in [1.29, 1.82) is 0 Å². The zero-order valence-electron chi connectivity index (χ0n) is 9.53. The van der Waals surface area contributed by atoms with Crippen LogP contribution < -0.4 is 0 Å². The largest absolute Gasteiger partial charge is 0.353 e. The molecule has 3 nitrogen and oxygen atoms in total. The summed E-state index contributed by atoms with van der Waals surface area (Å²) in [5.41, 5.74) is 2.01. The summed E-state index contributed by atoms with van der Waals surface area (Å²) in [6.45, 7) is 9.29. The monoisotopic (exact) mass is 219 g/mol. The Hall–Kier alpha value is -0.0600. The molecule has 1 atom stereocenters. The zero-order chi connectivity index (χ0) is 10.8. The number of ether oxygens (including phenoxy) is 2. The average Bonchev–Trinajstić information content (AvgIpc) is 2.15. The van der Waals surface area contributed by atoms with Crippen molar-refractivity contribution in [2.45, 2.75) is 45.7 Å². The van der Waals surface area contributed by atoms with E-state index in [0.717, 1.165) is 13.0 Å². The topological polar surface area (TPSA) is 30.8 Å². The lowest BCUT2D eigenvalue weighted by Gasteiger charge is -2.14. The molecule has 0 aliphatic carbocycles. The van der Waals surface area contributed by atoms with E-state index in [-0.39, 0.29) is 11.5 Å². The normalized spacial score (nSPS) is 14.1. The summed E-state index contributed by atoms with van der Waals surface area (Å²) in [6.07, 6.45) is 1.18. The molecular formula is C10H21NO2S. The van der Waals surface area contributed by atoms with Gasteiger partial charge in [0, 0.05) is 6.54 Å². The summed E-state index contributed by atoms with van der Waals surface area (Å²) >= 11 is 1.60. The van der Waals surface area contributed by atoms with Crippen molar-refractivity contribution in [2.75, 3.05) is 13.3 Å². The Labute approximate surface area is 91.3 Å². The van der Waals surface area contributed by atoms with Gasteiger partial charge in [0.05, 0.1) is 11.7 Å². The second-order valence-electron chi connectivity index (χ2n) is 3.08. The van der Waals surface area contributed by atoms with Gasteiger partial charge in [-0.3, -0.25) is 4.99 Å². The Kier molecular flexibility index (Phi) is 9.45. The van der Waals surface area contributed by atoms with E-state index in [1.165, 1.54) is 0 Å². The molecule has 0 amide bonds. The van der Waals surface area contributed by atoms with Gasteiger partial charge in [-0.2, -0.15) is 0 Å². The van der Waals surface area contributed by atoms with Gasteiger partial charge in [0.2, 0.25) is 0 Å². The first-order chi connectivity index (χ1) is 6.70. The van der Waals surface area contributed by atoms with Gasteiger partial charge in [0.25, 0.3) is 0 Å². The molecular weight excluding hydrogens is 198 g/mol. The highest BCUT2D eigenvalue weighted by molar-refractivity contribution is 8.12. The molecule has 0 aromatic heterocycles. The van der Waals surface area contributed by atoms with Crippen molar-refractivity contribution >= 4 is 17.3 Å². The van der Waals surface area contributed by atoms with Gasteiger partial charge < -0.3 is 9.47 Å². The van der Waals surface area contributed by atoms with Crippen molar-refractivity contribution in [3.8, 4) is 0 Å². The Morgan fingerprint density at radius 1 is 1.29 bits per heavy atom. The fourth-order valence-corrected chi connectivity index (χ4v) is 1.39. The van der Waals surface area contributed by atoms with Crippen molar-refractivity contribution in [1.82, 2.24) is 0 Å². The van der Waals surface area contributed by atoms with E-state index in [1.807, 2.05) is 26.3 Å². The highest BCUT2D eigenvalue weighted by Crippen LogP contribution is 2.13. The molecule has 0 N–H and O–H groups in total. The lowest BCUT2D eigenvalue weighted by atomic mass is 10.5. The quantitative estimate of drug-likeness (QED) is 0.357. The molecule has 14 heavy (non-hydrogen) atoms. The third kappa shape index (κ3) is 8.53. The van der Waals surface area contributed by atoms with Gasteiger partial charge in [-0.05, 0) is 27.2 Å². The fourth-order valence-electron chi connectivity index (χ4n) is 0.690. The molecule has 4 heteroatoms. The number of hydrogen-bond acceptors (Lipinski definition) is 4.